The molecule has 8 nitrogen and oxygen atoms in total. The Morgan fingerprint density at radius 2 is 1.91 bits per heavy atom. The average Bonchev–Trinajstić information content (AvgIpc) is 2.88. The largest absolute Gasteiger partial charge is 0.465 e. The van der Waals surface area contributed by atoms with Crippen molar-refractivity contribution in [3.05, 3.63) is 83.7 Å². The first-order valence-corrected chi connectivity index (χ1v) is 11.5. The second-order valence-electron chi connectivity index (χ2n) is 8.66. The number of carbonyl (C=O) groups is 2. The van der Waals surface area contributed by atoms with E-state index < -0.39 is 6.09 Å². The Labute approximate surface area is 204 Å². The summed E-state index contributed by atoms with van der Waals surface area (Å²) in [6, 6.07) is 20.8. The molecule has 2 heterocycles. The molecule has 0 aliphatic carbocycles. The number of amides is 1. The average molecular weight is 470 g/mol. The van der Waals surface area contributed by atoms with Crippen molar-refractivity contribution in [2.75, 3.05) is 31.5 Å². The van der Waals surface area contributed by atoms with Crippen LogP contribution in [0.15, 0.2) is 66.9 Å². The van der Waals surface area contributed by atoms with Gasteiger partial charge in [0.15, 0.2) is 5.78 Å². The molecule has 178 valence electrons. The third-order valence-corrected chi connectivity index (χ3v) is 6.14. The summed E-state index contributed by atoms with van der Waals surface area (Å²) in [4.78, 5) is 31.8. The van der Waals surface area contributed by atoms with E-state index in [-0.39, 0.29) is 18.4 Å². The van der Waals surface area contributed by atoms with E-state index in [9.17, 15) is 14.7 Å². The van der Waals surface area contributed by atoms with Crippen molar-refractivity contribution in [2.24, 2.45) is 0 Å². The van der Waals surface area contributed by atoms with Gasteiger partial charge in [0, 0.05) is 49.7 Å². The van der Waals surface area contributed by atoms with E-state index in [0.717, 1.165) is 28.9 Å². The van der Waals surface area contributed by atoms with Gasteiger partial charge in [0.2, 0.25) is 0 Å². The van der Waals surface area contributed by atoms with Gasteiger partial charge >= 0.3 is 6.09 Å². The second kappa shape index (κ2) is 10.8. The van der Waals surface area contributed by atoms with Gasteiger partial charge in [-0.15, -0.1) is 0 Å². The maximum Gasteiger partial charge on any atom is 0.407 e. The van der Waals surface area contributed by atoms with E-state index in [1.54, 1.807) is 24.4 Å². The Kier molecular flexibility index (Phi) is 7.38. The fraction of sp³-hybridized carbons (Fsp3) is 0.259. The number of piperazine rings is 1. The molecule has 1 fully saturated rings. The molecule has 0 bridgehead atoms. The minimum atomic E-state index is -0.862. The van der Waals surface area contributed by atoms with Crippen LogP contribution in [-0.4, -0.2) is 64.0 Å². The summed E-state index contributed by atoms with van der Waals surface area (Å²) in [6.45, 7) is 4.74. The summed E-state index contributed by atoms with van der Waals surface area (Å²) < 4.78 is 0. The van der Waals surface area contributed by atoms with E-state index >= 15 is 0 Å². The lowest BCUT2D eigenvalue weighted by atomic mass is 10.0. The number of nitrogens with zero attached hydrogens (tertiary/aromatic N) is 4. The number of nitriles is 1. The topological polar surface area (TPSA) is 110 Å². The lowest BCUT2D eigenvalue weighted by Gasteiger charge is -2.38. The van der Waals surface area contributed by atoms with Crippen LogP contribution in [0.5, 0.6) is 0 Å². The number of anilines is 1. The number of hydrogen-bond acceptors (Lipinski definition) is 6. The molecular weight excluding hydrogens is 442 g/mol. The van der Waals surface area contributed by atoms with Gasteiger partial charge in [0.05, 0.1) is 18.2 Å². The number of ketones is 1. The number of Topliss-reactive ketones (excluding diaryl/α,β-unsaturated/α-hetero) is 1. The van der Waals surface area contributed by atoms with Crippen LogP contribution in [0.25, 0.3) is 11.1 Å². The van der Waals surface area contributed by atoms with Crippen LogP contribution in [0.1, 0.15) is 28.5 Å². The number of pyridine rings is 1. The summed E-state index contributed by atoms with van der Waals surface area (Å²) >= 11 is 0. The van der Waals surface area contributed by atoms with E-state index in [1.807, 2.05) is 49.4 Å². The maximum atomic E-state index is 12.6. The van der Waals surface area contributed by atoms with E-state index in [0.29, 0.717) is 30.9 Å². The molecule has 0 radical (unpaired) electrons. The molecular formula is C27H27N5O3. The SMILES string of the molecule is C[C@H]1CN(Cc2ccc(NCC(=O)c3ccc(-c4cccc(C#N)c4)cn3)cc2)CCN1C(=O)O. The molecule has 1 saturated heterocycles. The predicted octanol–water partition coefficient (Wildman–Crippen LogP) is 4.10. The third kappa shape index (κ3) is 6.02. The number of carbonyl (C=O) groups excluding carboxylic acids is 1. The Morgan fingerprint density at radius 3 is 2.57 bits per heavy atom. The van der Waals surface area contributed by atoms with Crippen LogP contribution >= 0.6 is 0 Å². The first-order valence-electron chi connectivity index (χ1n) is 11.5. The lowest BCUT2D eigenvalue weighted by molar-refractivity contribution is 0.0711. The number of nitrogens with one attached hydrogen (secondary N) is 1. The molecule has 1 amide bonds. The molecule has 2 N–H and O–H groups in total. The molecule has 1 atom stereocenters. The first kappa shape index (κ1) is 23.9. The smallest absolute Gasteiger partial charge is 0.407 e. The normalized spacial score (nSPS) is 15.9. The van der Waals surface area contributed by atoms with E-state index in [1.165, 1.54) is 4.90 Å². The fourth-order valence-corrected chi connectivity index (χ4v) is 4.22. The summed E-state index contributed by atoms with van der Waals surface area (Å²) in [7, 11) is 0. The van der Waals surface area contributed by atoms with Gasteiger partial charge in [-0.3, -0.25) is 14.7 Å². The number of aromatic nitrogens is 1. The molecule has 0 unspecified atom stereocenters. The van der Waals surface area contributed by atoms with Gasteiger partial charge in [0.1, 0.15) is 5.69 Å². The number of hydrogen-bond donors (Lipinski definition) is 2. The fourth-order valence-electron chi connectivity index (χ4n) is 4.22. The highest BCUT2D eigenvalue weighted by Crippen LogP contribution is 2.20. The third-order valence-electron chi connectivity index (χ3n) is 6.14. The Balaban J connectivity index is 1.28. The quantitative estimate of drug-likeness (QED) is 0.501. The monoisotopic (exact) mass is 469 g/mol. The minimum absolute atomic E-state index is 0.0291. The van der Waals surface area contributed by atoms with Crippen molar-refractivity contribution < 1.29 is 14.7 Å². The van der Waals surface area contributed by atoms with Crippen LogP contribution in [0, 0.1) is 11.3 Å². The Morgan fingerprint density at radius 1 is 1.11 bits per heavy atom. The zero-order valence-electron chi connectivity index (χ0n) is 19.5. The van der Waals surface area contributed by atoms with Crippen molar-refractivity contribution in [1.29, 1.82) is 5.26 Å². The summed E-state index contributed by atoms with van der Waals surface area (Å²) in [5.74, 6) is -0.114. The molecule has 1 aliphatic rings. The van der Waals surface area contributed by atoms with Gasteiger partial charge in [-0.05, 0) is 48.4 Å². The van der Waals surface area contributed by atoms with Crippen molar-refractivity contribution in [3.63, 3.8) is 0 Å². The summed E-state index contributed by atoms with van der Waals surface area (Å²) in [6.07, 6.45) is 0.786. The van der Waals surface area contributed by atoms with Gasteiger partial charge in [-0.1, -0.05) is 30.3 Å². The van der Waals surface area contributed by atoms with E-state index in [4.69, 9.17) is 5.26 Å². The summed E-state index contributed by atoms with van der Waals surface area (Å²) in [5, 5.41) is 21.4. The highest BCUT2D eigenvalue weighted by molar-refractivity contribution is 5.97. The molecule has 0 saturated carbocycles. The predicted molar refractivity (Wildman–Crippen MR) is 133 cm³/mol. The van der Waals surface area contributed by atoms with Crippen molar-refractivity contribution in [2.45, 2.75) is 19.5 Å². The number of carboxylic acid groups (broad SMARTS) is 1. The number of benzene rings is 2. The zero-order valence-corrected chi connectivity index (χ0v) is 19.5. The first-order chi connectivity index (χ1) is 16.9. The summed E-state index contributed by atoms with van der Waals surface area (Å²) in [5.41, 5.74) is 4.66. The molecule has 0 spiro atoms. The Hall–Kier alpha value is -4.22. The van der Waals surface area contributed by atoms with Crippen molar-refractivity contribution in [3.8, 4) is 17.2 Å². The van der Waals surface area contributed by atoms with Gasteiger partial charge in [-0.25, -0.2) is 4.79 Å². The van der Waals surface area contributed by atoms with Crippen molar-refractivity contribution >= 4 is 17.6 Å². The molecule has 8 heteroatoms. The maximum absolute atomic E-state index is 12.6. The Bertz CT molecular complexity index is 1230. The van der Waals surface area contributed by atoms with Gasteiger partial charge < -0.3 is 15.3 Å². The highest BCUT2D eigenvalue weighted by Gasteiger charge is 2.26. The van der Waals surface area contributed by atoms with Crippen LogP contribution in [-0.2, 0) is 6.54 Å². The number of rotatable bonds is 7. The minimum Gasteiger partial charge on any atom is -0.465 e. The standard InChI is InChI=1S/C27H27N5O3/c1-19-17-31(11-12-32(19)27(34)35)18-20-5-8-24(9-6-20)29-16-26(33)25-10-7-23(15-30-25)22-4-2-3-21(13-22)14-28/h2-10,13,15,19,29H,11-12,16-18H2,1H3,(H,34,35)/t19-/m0/s1. The molecule has 3 aromatic rings. The van der Waals surface area contributed by atoms with E-state index in [2.05, 4.69) is 21.3 Å². The lowest BCUT2D eigenvalue weighted by Crippen LogP contribution is -2.53. The molecule has 35 heavy (non-hydrogen) atoms. The van der Waals surface area contributed by atoms with Crippen LogP contribution in [0.4, 0.5) is 10.5 Å². The van der Waals surface area contributed by atoms with Crippen LogP contribution in [0.3, 0.4) is 0 Å². The molecule has 1 aromatic heterocycles. The van der Waals surface area contributed by atoms with Crippen LogP contribution in [0.2, 0.25) is 0 Å². The highest BCUT2D eigenvalue weighted by atomic mass is 16.4. The second-order valence-corrected chi connectivity index (χ2v) is 8.66. The zero-order chi connectivity index (χ0) is 24.8. The van der Waals surface area contributed by atoms with Gasteiger partial charge in [-0.2, -0.15) is 5.26 Å². The molecule has 4 rings (SSSR count). The molecule has 2 aromatic carbocycles. The van der Waals surface area contributed by atoms with Crippen LogP contribution < -0.4 is 5.32 Å². The molecule has 1 aliphatic heterocycles. The van der Waals surface area contributed by atoms with Crippen molar-refractivity contribution in [1.82, 2.24) is 14.8 Å². The van der Waals surface area contributed by atoms with Gasteiger partial charge in [0.25, 0.3) is 0 Å².